The van der Waals surface area contributed by atoms with Crippen molar-refractivity contribution >= 4 is 12.0 Å². The maximum absolute atomic E-state index is 13.9. The molecule has 25 nitrogen and oxygen atoms in total. The van der Waals surface area contributed by atoms with Crippen molar-refractivity contribution in [2.75, 3.05) is 19.7 Å². The van der Waals surface area contributed by atoms with Gasteiger partial charge in [-0.15, -0.1) is 0 Å². The van der Waals surface area contributed by atoms with E-state index >= 15 is 0 Å². The lowest BCUT2D eigenvalue weighted by atomic mass is 9.87. The van der Waals surface area contributed by atoms with Crippen LogP contribution in [0.2, 0.25) is 0 Å². The second kappa shape index (κ2) is 32.4. The Kier molecular flexibility index (Phi) is 27.2. The highest BCUT2D eigenvalue weighted by Gasteiger charge is 2.51. The molecule has 2 bridgehead atoms. The number of ether oxygens (including phenoxy) is 6. The van der Waals surface area contributed by atoms with Gasteiger partial charge < -0.3 is 116 Å². The zero-order chi connectivity index (χ0) is 59.7. The van der Waals surface area contributed by atoms with E-state index in [1.807, 2.05) is 13.0 Å². The van der Waals surface area contributed by atoms with E-state index < -0.39 is 191 Å². The number of nitrogens with two attached hydrogens (primary N) is 1. The highest BCUT2D eigenvalue weighted by Crippen LogP contribution is 2.36. The van der Waals surface area contributed by atoms with Crippen molar-refractivity contribution in [2.45, 2.75) is 219 Å². The topological polar surface area (TPSA) is 414 Å². The van der Waals surface area contributed by atoms with Crippen LogP contribution < -0.4 is 11.1 Å². The zero-order valence-electron chi connectivity index (χ0n) is 46.3. The molecule has 460 valence electrons. The van der Waals surface area contributed by atoms with Crippen molar-refractivity contribution < 1.29 is 110 Å². The van der Waals surface area contributed by atoms with Crippen LogP contribution in [-0.4, -0.2) is 248 Å². The van der Waals surface area contributed by atoms with Crippen LogP contribution in [0.15, 0.2) is 85.1 Å². The first kappa shape index (κ1) is 67.9. The lowest BCUT2D eigenvalue weighted by Crippen LogP contribution is -2.67. The normalized spacial score (nSPS) is 45.7. The molecule has 2 amide bonds. The molecule has 4 saturated heterocycles. The van der Waals surface area contributed by atoms with E-state index in [9.17, 15) is 81.1 Å². The number of urea groups is 1. The van der Waals surface area contributed by atoms with Gasteiger partial charge in [-0.1, -0.05) is 98.9 Å². The maximum Gasteiger partial charge on any atom is 0.317 e. The number of nitrogens with zero attached hydrogens (tertiary/aromatic N) is 1. The van der Waals surface area contributed by atoms with Gasteiger partial charge in [0.05, 0.1) is 111 Å². The Morgan fingerprint density at radius 2 is 1.23 bits per heavy atom. The number of carbonyl (C=O) groups excluding carboxylic acids is 2. The molecule has 0 saturated carbocycles. The predicted molar refractivity (Wildman–Crippen MR) is 288 cm³/mol. The van der Waals surface area contributed by atoms with Crippen LogP contribution in [0.1, 0.15) is 79.1 Å². The number of cyclic esters (lactones) is 1. The molecule has 5 heterocycles. The van der Waals surface area contributed by atoms with E-state index in [2.05, 4.69) is 5.32 Å². The minimum atomic E-state index is -2.36. The minimum Gasteiger partial charge on any atom is -0.462 e. The molecule has 0 aromatic carbocycles. The van der Waals surface area contributed by atoms with E-state index in [1.54, 1.807) is 92.8 Å². The highest BCUT2D eigenvalue weighted by molar-refractivity contribution is 5.75. The number of likely N-dealkylation sites (tertiary alicyclic amines) is 1. The summed E-state index contributed by atoms with van der Waals surface area (Å²) in [6.45, 7) is 5.88. The van der Waals surface area contributed by atoms with Crippen molar-refractivity contribution in [1.82, 2.24) is 10.2 Å². The molecule has 5 rings (SSSR count). The van der Waals surface area contributed by atoms with Crippen molar-refractivity contribution in [1.29, 1.82) is 0 Å². The fourth-order valence-electron chi connectivity index (χ4n) is 10.1. The summed E-state index contributed by atoms with van der Waals surface area (Å²) in [6, 6.07) is -3.24. The summed E-state index contributed by atoms with van der Waals surface area (Å²) in [7, 11) is 0. The first-order valence-corrected chi connectivity index (χ1v) is 27.8. The molecule has 0 radical (unpaired) electrons. The van der Waals surface area contributed by atoms with Gasteiger partial charge in [0.15, 0.2) is 18.4 Å². The molecule has 5 aliphatic rings. The number of aliphatic hydroxyl groups excluding tert-OH is 13. The standard InChI is InChI=1S/C56H89N3O22/c1-30-17-15-13-11-9-7-5-6-8-10-12-14-16-18-37(78-53-50(71)45(57)48(69)33(4)77-53)24-42-46(58-55(74)59-27-38(28-59)79-54-52(73)51(72)49(70)43(29-60)80-54)41(66)26-56(75,81-42)25-36(63)22-40(65)39(64)20-19-34(61)21-35(62)23-44(67)76-32(3)31(2)47(30)68/h5-18,30-43,45-54,60-66,68-73,75H,19-29,57H2,1-4H3,(H,58,74)/b6-5+,9-7+,10-8+,13-11+,14-12+,17-15+,18-16+/t30-,31-,32-,33+,34+,35+,36-,37-,39+,40+,41-,42-,43?,45-,46+,47+,48+,49+,50-,51-,52?,53-,54-,56+/m0/s1. The number of fused-ring (bicyclic) bond motifs is 2. The second-order valence-corrected chi connectivity index (χ2v) is 22.0. The quantitative estimate of drug-likeness (QED) is 0.123. The van der Waals surface area contributed by atoms with Gasteiger partial charge in [0.1, 0.15) is 36.6 Å². The average molecular weight is 1160 g/mol. The third-order valence-electron chi connectivity index (χ3n) is 15.3. The van der Waals surface area contributed by atoms with Crippen LogP contribution in [0, 0.1) is 11.8 Å². The third-order valence-corrected chi connectivity index (χ3v) is 15.3. The summed E-state index contributed by atoms with van der Waals surface area (Å²) in [5, 5.41) is 154. The lowest BCUT2D eigenvalue weighted by Gasteiger charge is -2.48. The van der Waals surface area contributed by atoms with Gasteiger partial charge in [-0.2, -0.15) is 0 Å². The Morgan fingerprint density at radius 3 is 1.85 bits per heavy atom. The van der Waals surface area contributed by atoms with Crippen LogP contribution >= 0.6 is 0 Å². The number of nitrogens with one attached hydrogen (secondary N) is 1. The average Bonchev–Trinajstić information content (AvgIpc) is 3.44. The second-order valence-electron chi connectivity index (χ2n) is 22.0. The summed E-state index contributed by atoms with van der Waals surface area (Å²) in [6.07, 6.45) is -5.25. The molecule has 0 aliphatic carbocycles. The Labute approximate surface area is 472 Å². The first-order valence-electron chi connectivity index (χ1n) is 27.8. The summed E-state index contributed by atoms with van der Waals surface area (Å²) in [5.41, 5.74) is 6.14. The Hall–Kier alpha value is -3.88. The van der Waals surface area contributed by atoms with Crippen molar-refractivity contribution in [3.8, 4) is 0 Å². The molecule has 2 unspecified atom stereocenters. The summed E-state index contributed by atoms with van der Waals surface area (Å²) >= 11 is 0. The van der Waals surface area contributed by atoms with Crippen molar-refractivity contribution in [3.63, 3.8) is 0 Å². The fourth-order valence-corrected chi connectivity index (χ4v) is 10.1. The maximum atomic E-state index is 13.9. The first-order chi connectivity index (χ1) is 38.3. The van der Waals surface area contributed by atoms with Crippen LogP contribution in [-0.2, 0) is 33.2 Å². The third kappa shape index (κ3) is 20.4. The lowest BCUT2D eigenvalue weighted by molar-refractivity contribution is -0.317. The molecule has 0 aromatic heterocycles. The number of esters is 1. The summed E-state index contributed by atoms with van der Waals surface area (Å²) in [4.78, 5) is 27.9. The van der Waals surface area contributed by atoms with Gasteiger partial charge in [-0.05, 0) is 33.1 Å². The van der Waals surface area contributed by atoms with Gasteiger partial charge in [0.25, 0.3) is 0 Å². The fraction of sp³-hybridized carbons (Fsp3) is 0.714. The number of rotatable bonds is 6. The number of aliphatic hydroxyl groups is 14. The molecule has 0 spiro atoms. The number of amides is 2. The molecule has 4 fully saturated rings. The molecule has 24 atom stereocenters. The van der Waals surface area contributed by atoms with E-state index in [-0.39, 0.29) is 44.7 Å². The zero-order valence-corrected chi connectivity index (χ0v) is 46.3. The smallest absolute Gasteiger partial charge is 0.317 e. The number of carbonyl (C=O) groups is 2. The molecule has 0 aromatic rings. The molecule has 81 heavy (non-hydrogen) atoms. The minimum absolute atomic E-state index is 0.0831. The monoisotopic (exact) mass is 1160 g/mol. The van der Waals surface area contributed by atoms with Gasteiger partial charge in [-0.25, -0.2) is 4.79 Å². The SMILES string of the molecule is C[C@@H]1[C@H](O)[C@@H](C)/C=C/C=C/C=C/C=C/C=C/C=C/C=C/[C@H](O[C@@H]2O[C@H](C)[C@@H](O)[C@H](N)[C@@H]2O)C[C@@H]2O[C@](O)(C[C@@H](O)C[C@@H](O)[C@H](O)CC[C@@H](O)C[C@@H](O)CC(=O)O[C@H]1C)C[C@H](O)[C@H]2NC(=O)N1CC(O[C@H]2OC(CO)[C@@H](O)[C@H](O)C2O)C1. The number of allylic oxidation sites excluding steroid dienone is 12. The summed E-state index contributed by atoms with van der Waals surface area (Å²) in [5.74, 6) is -3.88. The highest BCUT2D eigenvalue weighted by atomic mass is 16.7. The molecular weight excluding hydrogens is 1070 g/mol. The van der Waals surface area contributed by atoms with E-state index in [0.29, 0.717) is 0 Å². The molecule has 17 N–H and O–H groups in total. The van der Waals surface area contributed by atoms with Crippen molar-refractivity contribution in [2.24, 2.45) is 17.6 Å². The largest absolute Gasteiger partial charge is 0.462 e. The summed E-state index contributed by atoms with van der Waals surface area (Å²) < 4.78 is 35.1. The molecule has 5 aliphatic heterocycles. The molecular formula is C56H89N3O22. The van der Waals surface area contributed by atoms with Crippen LogP contribution in [0.3, 0.4) is 0 Å². The number of hydrogen-bond donors (Lipinski definition) is 16. The van der Waals surface area contributed by atoms with E-state index in [0.717, 1.165) is 0 Å². The van der Waals surface area contributed by atoms with Gasteiger partial charge >= 0.3 is 12.0 Å². The van der Waals surface area contributed by atoms with Gasteiger partial charge in [0.2, 0.25) is 0 Å². The van der Waals surface area contributed by atoms with E-state index in [4.69, 9.17) is 34.2 Å². The molecule has 25 heteroatoms. The van der Waals surface area contributed by atoms with E-state index in [1.165, 1.54) is 11.8 Å². The number of hydrogen-bond acceptors (Lipinski definition) is 23. The predicted octanol–water partition coefficient (Wildman–Crippen LogP) is -2.41. The Morgan fingerprint density at radius 1 is 0.642 bits per heavy atom. The Bertz CT molecular complexity index is 2140. The van der Waals surface area contributed by atoms with Gasteiger partial charge in [0, 0.05) is 37.5 Å². The van der Waals surface area contributed by atoms with Crippen LogP contribution in [0.25, 0.3) is 0 Å². The Balaban J connectivity index is 1.37. The van der Waals surface area contributed by atoms with Crippen LogP contribution in [0.5, 0.6) is 0 Å². The van der Waals surface area contributed by atoms with Gasteiger partial charge in [-0.3, -0.25) is 4.79 Å². The van der Waals surface area contributed by atoms with Crippen molar-refractivity contribution in [3.05, 3.63) is 85.1 Å². The van der Waals surface area contributed by atoms with Crippen LogP contribution in [0.4, 0.5) is 4.79 Å².